The molecule has 0 saturated carbocycles. The van der Waals surface area contributed by atoms with Crippen LogP contribution in [0.4, 0.5) is 5.69 Å². The summed E-state index contributed by atoms with van der Waals surface area (Å²) >= 11 is 6.52. The SMILES string of the molecule is Cc1cccc(N2C(=O)C(NC(=O)Cc3ccccc3)SC2=S)c1. The molecule has 6 heteroatoms. The monoisotopic (exact) mass is 356 g/mol. The fourth-order valence-corrected chi connectivity index (χ4v) is 3.86. The van der Waals surface area contributed by atoms with Gasteiger partial charge in [-0.1, -0.05) is 66.4 Å². The number of carbonyl (C=O) groups is 2. The van der Waals surface area contributed by atoms with E-state index >= 15 is 0 Å². The van der Waals surface area contributed by atoms with E-state index < -0.39 is 5.37 Å². The Labute approximate surface area is 150 Å². The zero-order valence-electron chi connectivity index (χ0n) is 13.1. The Morgan fingerprint density at radius 2 is 1.96 bits per heavy atom. The minimum atomic E-state index is -0.672. The molecule has 1 unspecified atom stereocenters. The third-order valence-electron chi connectivity index (χ3n) is 3.61. The smallest absolute Gasteiger partial charge is 0.266 e. The first kappa shape index (κ1) is 16.7. The summed E-state index contributed by atoms with van der Waals surface area (Å²) in [5.41, 5.74) is 2.69. The minimum absolute atomic E-state index is 0.194. The number of benzene rings is 2. The summed E-state index contributed by atoms with van der Waals surface area (Å²) in [6.45, 7) is 1.96. The maximum absolute atomic E-state index is 12.6. The van der Waals surface area contributed by atoms with Crippen molar-refractivity contribution in [3.8, 4) is 0 Å². The topological polar surface area (TPSA) is 49.4 Å². The lowest BCUT2D eigenvalue weighted by Crippen LogP contribution is -2.41. The van der Waals surface area contributed by atoms with Gasteiger partial charge in [-0.15, -0.1) is 0 Å². The van der Waals surface area contributed by atoms with Gasteiger partial charge in [-0.25, -0.2) is 0 Å². The lowest BCUT2D eigenvalue weighted by atomic mass is 10.1. The van der Waals surface area contributed by atoms with Crippen molar-refractivity contribution in [2.75, 3.05) is 4.90 Å². The van der Waals surface area contributed by atoms with Crippen LogP contribution in [0.25, 0.3) is 0 Å². The zero-order valence-corrected chi connectivity index (χ0v) is 14.7. The van der Waals surface area contributed by atoms with Gasteiger partial charge in [0, 0.05) is 0 Å². The van der Waals surface area contributed by atoms with Gasteiger partial charge in [0.25, 0.3) is 5.91 Å². The molecule has 1 fully saturated rings. The Hall–Kier alpha value is -2.18. The highest BCUT2D eigenvalue weighted by molar-refractivity contribution is 8.25. The minimum Gasteiger partial charge on any atom is -0.335 e. The number of carbonyl (C=O) groups excluding carboxylic acids is 2. The van der Waals surface area contributed by atoms with Crippen LogP contribution in [-0.2, 0) is 16.0 Å². The van der Waals surface area contributed by atoms with Crippen LogP contribution in [0.1, 0.15) is 11.1 Å². The quantitative estimate of drug-likeness (QED) is 0.856. The summed E-state index contributed by atoms with van der Waals surface area (Å²) in [6.07, 6.45) is 0.238. The van der Waals surface area contributed by atoms with Crippen molar-refractivity contribution in [3.05, 3.63) is 65.7 Å². The Bertz CT molecular complexity index is 793. The third-order valence-corrected chi connectivity index (χ3v) is 5.02. The molecule has 4 nitrogen and oxygen atoms in total. The molecule has 1 aliphatic heterocycles. The summed E-state index contributed by atoms with van der Waals surface area (Å²) in [5.74, 6) is -0.405. The van der Waals surface area contributed by atoms with E-state index in [2.05, 4.69) is 5.32 Å². The molecule has 3 rings (SSSR count). The Kier molecular flexibility index (Phi) is 4.97. The number of thioether (sulfide) groups is 1. The van der Waals surface area contributed by atoms with E-state index in [0.29, 0.717) is 4.32 Å². The molecule has 0 aromatic heterocycles. The average Bonchev–Trinajstić information content (AvgIpc) is 2.82. The number of amides is 2. The van der Waals surface area contributed by atoms with E-state index in [1.807, 2.05) is 61.5 Å². The van der Waals surface area contributed by atoms with Gasteiger partial charge in [0.15, 0.2) is 5.37 Å². The Balaban J connectivity index is 1.69. The van der Waals surface area contributed by atoms with Crippen molar-refractivity contribution in [3.63, 3.8) is 0 Å². The van der Waals surface area contributed by atoms with E-state index in [4.69, 9.17) is 12.2 Å². The van der Waals surface area contributed by atoms with Gasteiger partial charge in [-0.05, 0) is 30.2 Å². The second-order valence-electron chi connectivity index (χ2n) is 5.51. The molecule has 1 aliphatic rings. The molecule has 2 aromatic rings. The van der Waals surface area contributed by atoms with Gasteiger partial charge < -0.3 is 5.32 Å². The predicted octanol–water partition coefficient (Wildman–Crippen LogP) is 3.04. The summed E-state index contributed by atoms with van der Waals surface area (Å²) in [5, 5.41) is 2.10. The van der Waals surface area contributed by atoms with Crippen molar-refractivity contribution in [1.82, 2.24) is 5.32 Å². The summed E-state index contributed by atoms with van der Waals surface area (Å²) < 4.78 is 0.454. The van der Waals surface area contributed by atoms with E-state index in [0.717, 1.165) is 16.8 Å². The molecule has 1 saturated heterocycles. The Morgan fingerprint density at radius 3 is 2.67 bits per heavy atom. The number of thiocarbonyl (C=S) groups is 1. The highest BCUT2D eigenvalue weighted by atomic mass is 32.2. The summed E-state index contributed by atoms with van der Waals surface area (Å²) in [4.78, 5) is 26.3. The molecular weight excluding hydrogens is 340 g/mol. The fourth-order valence-electron chi connectivity index (χ4n) is 2.48. The second-order valence-corrected chi connectivity index (χ2v) is 7.25. The third kappa shape index (κ3) is 3.66. The van der Waals surface area contributed by atoms with Gasteiger partial charge in [-0.2, -0.15) is 0 Å². The summed E-state index contributed by atoms with van der Waals surface area (Å²) in [6, 6.07) is 17.0. The molecule has 1 heterocycles. The average molecular weight is 356 g/mol. The molecule has 1 N–H and O–H groups in total. The first-order chi connectivity index (χ1) is 11.5. The molecule has 2 amide bonds. The summed E-state index contributed by atoms with van der Waals surface area (Å²) in [7, 11) is 0. The normalized spacial score (nSPS) is 17.2. The first-order valence-corrected chi connectivity index (χ1v) is 8.78. The maximum atomic E-state index is 12.6. The molecule has 24 heavy (non-hydrogen) atoms. The van der Waals surface area contributed by atoms with Crippen LogP contribution in [0.3, 0.4) is 0 Å². The molecule has 2 aromatic carbocycles. The molecule has 0 bridgehead atoms. The van der Waals surface area contributed by atoms with Crippen molar-refractivity contribution in [1.29, 1.82) is 0 Å². The maximum Gasteiger partial charge on any atom is 0.266 e. The van der Waals surface area contributed by atoms with E-state index in [-0.39, 0.29) is 18.2 Å². The predicted molar refractivity (Wildman–Crippen MR) is 101 cm³/mol. The number of anilines is 1. The molecule has 0 aliphatic carbocycles. The second kappa shape index (κ2) is 7.15. The van der Waals surface area contributed by atoms with Crippen molar-refractivity contribution >= 4 is 45.8 Å². The van der Waals surface area contributed by atoms with Crippen LogP contribution < -0.4 is 10.2 Å². The van der Waals surface area contributed by atoms with Gasteiger partial charge in [0.2, 0.25) is 5.91 Å². The van der Waals surface area contributed by atoms with Crippen LogP contribution in [0, 0.1) is 6.92 Å². The van der Waals surface area contributed by atoms with Crippen molar-refractivity contribution in [2.45, 2.75) is 18.7 Å². The molecule has 1 atom stereocenters. The number of aryl methyl sites for hydroxylation is 1. The number of hydrogen-bond acceptors (Lipinski definition) is 4. The van der Waals surface area contributed by atoms with Gasteiger partial charge in [0.1, 0.15) is 4.32 Å². The van der Waals surface area contributed by atoms with Gasteiger partial charge in [0.05, 0.1) is 12.1 Å². The number of rotatable bonds is 4. The zero-order chi connectivity index (χ0) is 17.1. The largest absolute Gasteiger partial charge is 0.335 e. The van der Waals surface area contributed by atoms with Crippen molar-refractivity contribution < 1.29 is 9.59 Å². The number of nitrogens with one attached hydrogen (secondary N) is 1. The Morgan fingerprint density at radius 1 is 1.21 bits per heavy atom. The van der Waals surface area contributed by atoms with Crippen LogP contribution >= 0.6 is 24.0 Å². The first-order valence-electron chi connectivity index (χ1n) is 7.49. The highest BCUT2D eigenvalue weighted by Crippen LogP contribution is 2.31. The molecular formula is C18H16N2O2S2. The van der Waals surface area contributed by atoms with E-state index in [9.17, 15) is 9.59 Å². The molecule has 0 radical (unpaired) electrons. The standard InChI is InChI=1S/C18H16N2O2S2/c1-12-6-5-9-14(10-12)20-17(22)16(24-18(20)23)19-15(21)11-13-7-3-2-4-8-13/h2-10,16H,11H2,1H3,(H,19,21). The number of hydrogen-bond donors (Lipinski definition) is 1. The van der Waals surface area contributed by atoms with E-state index in [1.165, 1.54) is 16.7 Å². The van der Waals surface area contributed by atoms with Gasteiger partial charge >= 0.3 is 0 Å². The fraction of sp³-hybridized carbons (Fsp3) is 0.167. The van der Waals surface area contributed by atoms with Crippen molar-refractivity contribution in [2.24, 2.45) is 0 Å². The highest BCUT2D eigenvalue weighted by Gasteiger charge is 2.38. The molecule has 122 valence electrons. The molecule has 0 spiro atoms. The lowest BCUT2D eigenvalue weighted by Gasteiger charge is -2.16. The van der Waals surface area contributed by atoms with Crippen LogP contribution in [0.2, 0.25) is 0 Å². The van der Waals surface area contributed by atoms with Gasteiger partial charge in [-0.3, -0.25) is 14.5 Å². The van der Waals surface area contributed by atoms with Crippen LogP contribution in [-0.4, -0.2) is 21.5 Å². The van der Waals surface area contributed by atoms with Crippen LogP contribution in [0.15, 0.2) is 54.6 Å². The number of nitrogens with zero attached hydrogens (tertiary/aromatic N) is 1. The van der Waals surface area contributed by atoms with E-state index in [1.54, 1.807) is 0 Å². The van der Waals surface area contributed by atoms with Crippen LogP contribution in [0.5, 0.6) is 0 Å². The lowest BCUT2D eigenvalue weighted by molar-refractivity contribution is -0.124.